The Labute approximate surface area is 114 Å². The highest BCUT2D eigenvalue weighted by molar-refractivity contribution is 7.99. The van der Waals surface area contributed by atoms with Gasteiger partial charge < -0.3 is 10.0 Å². The Bertz CT molecular complexity index is 318. The SMILES string of the molecule is CN(CCCO)S(=O)(=O)NCCN1CCSCC1. The van der Waals surface area contributed by atoms with E-state index in [9.17, 15) is 8.42 Å². The van der Waals surface area contributed by atoms with Crippen LogP contribution < -0.4 is 4.72 Å². The number of nitrogens with zero attached hydrogens (tertiary/aromatic N) is 2. The standard InChI is InChI=1S/C10H23N3O3S2/c1-12(4-2-8-14)18(15,16)11-3-5-13-6-9-17-10-7-13/h11,14H,2-10H2,1H3. The van der Waals surface area contributed by atoms with Crippen LogP contribution in [0.15, 0.2) is 0 Å². The highest BCUT2D eigenvalue weighted by Gasteiger charge is 2.17. The Morgan fingerprint density at radius 3 is 2.67 bits per heavy atom. The second-order valence-corrected chi connectivity index (χ2v) is 7.34. The summed E-state index contributed by atoms with van der Waals surface area (Å²) in [5, 5.41) is 8.68. The van der Waals surface area contributed by atoms with E-state index in [1.807, 2.05) is 11.8 Å². The summed E-state index contributed by atoms with van der Waals surface area (Å²) < 4.78 is 27.4. The zero-order chi connectivity index (χ0) is 13.4. The molecule has 1 heterocycles. The van der Waals surface area contributed by atoms with Gasteiger partial charge in [0.15, 0.2) is 0 Å². The van der Waals surface area contributed by atoms with Gasteiger partial charge in [-0.15, -0.1) is 0 Å². The molecule has 0 atom stereocenters. The number of rotatable bonds is 8. The quantitative estimate of drug-likeness (QED) is 0.613. The van der Waals surface area contributed by atoms with Crippen molar-refractivity contribution < 1.29 is 13.5 Å². The maximum Gasteiger partial charge on any atom is 0.279 e. The summed E-state index contributed by atoms with van der Waals surface area (Å²) >= 11 is 1.94. The molecule has 1 fully saturated rings. The first-order valence-corrected chi connectivity index (χ1v) is 8.77. The molecule has 1 aliphatic heterocycles. The third kappa shape index (κ3) is 5.85. The van der Waals surface area contributed by atoms with Gasteiger partial charge in [-0.1, -0.05) is 0 Å². The molecule has 0 bridgehead atoms. The molecule has 0 aliphatic carbocycles. The van der Waals surface area contributed by atoms with Gasteiger partial charge >= 0.3 is 0 Å². The second-order valence-electron chi connectivity index (χ2n) is 4.25. The van der Waals surface area contributed by atoms with Gasteiger partial charge in [-0.25, -0.2) is 4.72 Å². The van der Waals surface area contributed by atoms with E-state index in [1.54, 1.807) is 0 Å². The van der Waals surface area contributed by atoms with E-state index in [0.717, 1.165) is 31.1 Å². The van der Waals surface area contributed by atoms with Crippen molar-refractivity contribution >= 4 is 22.0 Å². The summed E-state index contributed by atoms with van der Waals surface area (Å²) in [6, 6.07) is 0. The van der Waals surface area contributed by atoms with Crippen LogP contribution in [-0.2, 0) is 10.2 Å². The molecule has 6 nitrogen and oxygen atoms in total. The maximum absolute atomic E-state index is 11.8. The van der Waals surface area contributed by atoms with Gasteiger partial charge in [0.1, 0.15) is 0 Å². The Hall–Kier alpha value is 0.140. The third-order valence-electron chi connectivity index (χ3n) is 2.86. The number of aliphatic hydroxyl groups excluding tert-OH is 1. The summed E-state index contributed by atoms with van der Waals surface area (Å²) in [4.78, 5) is 2.27. The molecule has 0 amide bonds. The van der Waals surface area contributed by atoms with Crippen molar-refractivity contribution in [1.82, 2.24) is 13.9 Å². The first kappa shape index (κ1) is 16.2. The Morgan fingerprint density at radius 2 is 2.06 bits per heavy atom. The van der Waals surface area contributed by atoms with Crippen molar-refractivity contribution in [1.29, 1.82) is 0 Å². The molecule has 1 saturated heterocycles. The summed E-state index contributed by atoms with van der Waals surface area (Å²) in [7, 11) is -1.87. The lowest BCUT2D eigenvalue weighted by Gasteiger charge is -2.26. The van der Waals surface area contributed by atoms with Gasteiger partial charge in [0.2, 0.25) is 0 Å². The average Bonchev–Trinajstić information content (AvgIpc) is 2.37. The molecular formula is C10H23N3O3S2. The first-order chi connectivity index (χ1) is 8.56. The lowest BCUT2D eigenvalue weighted by atomic mass is 10.5. The lowest BCUT2D eigenvalue weighted by molar-refractivity contribution is 0.274. The minimum absolute atomic E-state index is 0.00526. The van der Waals surface area contributed by atoms with Gasteiger partial charge in [0.05, 0.1) is 0 Å². The minimum Gasteiger partial charge on any atom is -0.396 e. The predicted molar refractivity (Wildman–Crippen MR) is 75.0 cm³/mol. The fraction of sp³-hybridized carbons (Fsp3) is 1.00. The molecule has 0 radical (unpaired) electrons. The van der Waals surface area contributed by atoms with Crippen LogP contribution in [0.3, 0.4) is 0 Å². The highest BCUT2D eigenvalue weighted by atomic mass is 32.2. The van der Waals surface area contributed by atoms with E-state index < -0.39 is 10.2 Å². The van der Waals surface area contributed by atoms with Crippen LogP contribution in [0.4, 0.5) is 0 Å². The molecule has 1 aliphatic rings. The minimum atomic E-state index is -3.39. The van der Waals surface area contributed by atoms with Crippen LogP contribution in [0, 0.1) is 0 Å². The molecule has 18 heavy (non-hydrogen) atoms. The van der Waals surface area contributed by atoms with Gasteiger partial charge in [-0.05, 0) is 6.42 Å². The van der Waals surface area contributed by atoms with Crippen LogP contribution in [0.5, 0.6) is 0 Å². The predicted octanol–water partition coefficient (Wildman–Crippen LogP) is -0.816. The second kappa shape index (κ2) is 8.34. The van der Waals surface area contributed by atoms with Crippen LogP contribution >= 0.6 is 11.8 Å². The number of hydrogen-bond acceptors (Lipinski definition) is 5. The normalized spacial score (nSPS) is 18.4. The van der Waals surface area contributed by atoms with E-state index in [0.29, 0.717) is 19.5 Å². The number of aliphatic hydroxyl groups is 1. The maximum atomic E-state index is 11.8. The van der Waals surface area contributed by atoms with Crippen LogP contribution in [-0.4, -0.2) is 80.6 Å². The Kier molecular flexibility index (Phi) is 7.50. The zero-order valence-corrected chi connectivity index (χ0v) is 12.5. The molecule has 0 saturated carbocycles. The number of thioether (sulfide) groups is 1. The van der Waals surface area contributed by atoms with E-state index in [4.69, 9.17) is 5.11 Å². The summed E-state index contributed by atoms with van der Waals surface area (Å²) in [5.74, 6) is 2.26. The van der Waals surface area contributed by atoms with E-state index in [2.05, 4.69) is 9.62 Å². The van der Waals surface area contributed by atoms with Crippen LogP contribution in [0.2, 0.25) is 0 Å². The summed E-state index contributed by atoms with van der Waals surface area (Å²) in [5.41, 5.74) is 0. The highest BCUT2D eigenvalue weighted by Crippen LogP contribution is 2.08. The van der Waals surface area contributed by atoms with E-state index >= 15 is 0 Å². The monoisotopic (exact) mass is 297 g/mol. The van der Waals surface area contributed by atoms with Crippen molar-refractivity contribution in [2.45, 2.75) is 6.42 Å². The van der Waals surface area contributed by atoms with Crippen molar-refractivity contribution in [2.24, 2.45) is 0 Å². The summed E-state index contributed by atoms with van der Waals surface area (Å²) in [6.45, 7) is 3.61. The average molecular weight is 297 g/mol. The number of hydrogen-bond donors (Lipinski definition) is 2. The largest absolute Gasteiger partial charge is 0.396 e. The molecule has 0 aromatic carbocycles. The number of nitrogens with one attached hydrogen (secondary N) is 1. The molecule has 2 N–H and O–H groups in total. The Balaban J connectivity index is 2.23. The fourth-order valence-electron chi connectivity index (χ4n) is 1.68. The zero-order valence-electron chi connectivity index (χ0n) is 10.8. The Morgan fingerprint density at radius 1 is 1.39 bits per heavy atom. The van der Waals surface area contributed by atoms with Gasteiger partial charge in [-0.3, -0.25) is 0 Å². The molecular weight excluding hydrogens is 274 g/mol. The van der Waals surface area contributed by atoms with Crippen LogP contribution in [0.1, 0.15) is 6.42 Å². The molecule has 0 unspecified atom stereocenters. The lowest BCUT2D eigenvalue weighted by Crippen LogP contribution is -2.43. The van der Waals surface area contributed by atoms with Crippen molar-refractivity contribution in [3.05, 3.63) is 0 Å². The van der Waals surface area contributed by atoms with Crippen molar-refractivity contribution in [2.75, 3.05) is 57.9 Å². The topological polar surface area (TPSA) is 72.9 Å². The van der Waals surface area contributed by atoms with Gasteiger partial charge in [-0.2, -0.15) is 24.5 Å². The van der Waals surface area contributed by atoms with E-state index in [-0.39, 0.29) is 6.61 Å². The molecule has 8 heteroatoms. The van der Waals surface area contributed by atoms with Crippen molar-refractivity contribution in [3.63, 3.8) is 0 Å². The fourth-order valence-corrected chi connectivity index (χ4v) is 3.60. The van der Waals surface area contributed by atoms with Crippen molar-refractivity contribution in [3.8, 4) is 0 Å². The molecule has 0 aromatic rings. The van der Waals surface area contributed by atoms with Crippen LogP contribution in [0.25, 0.3) is 0 Å². The first-order valence-electron chi connectivity index (χ1n) is 6.18. The summed E-state index contributed by atoms with van der Waals surface area (Å²) in [6.07, 6.45) is 0.459. The smallest absolute Gasteiger partial charge is 0.279 e. The molecule has 108 valence electrons. The third-order valence-corrected chi connectivity index (χ3v) is 5.37. The molecule has 0 spiro atoms. The van der Waals surface area contributed by atoms with E-state index in [1.165, 1.54) is 11.4 Å². The van der Waals surface area contributed by atoms with Gasteiger partial charge in [0.25, 0.3) is 10.2 Å². The van der Waals surface area contributed by atoms with Gasteiger partial charge in [0, 0.05) is 57.9 Å². The molecule has 1 rings (SSSR count). The molecule has 0 aromatic heterocycles.